The summed E-state index contributed by atoms with van der Waals surface area (Å²) in [5.41, 5.74) is 0. The zero-order chi connectivity index (χ0) is 13.0. The highest BCUT2D eigenvalue weighted by molar-refractivity contribution is 5.90. The Kier molecular flexibility index (Phi) is 4.24. The average molecular weight is 252 g/mol. The number of rotatable bonds is 4. The Morgan fingerprint density at radius 2 is 2.06 bits per heavy atom. The van der Waals surface area contributed by atoms with Gasteiger partial charge < -0.3 is 4.90 Å². The summed E-state index contributed by atoms with van der Waals surface area (Å²) in [5.74, 6) is 0.752. The highest BCUT2D eigenvalue weighted by Gasteiger charge is 2.24. The third-order valence-corrected chi connectivity index (χ3v) is 3.22. The molecule has 0 saturated carbocycles. The number of hydrogen-bond donors (Lipinski definition) is 1. The molecule has 0 atom stereocenters. The maximum absolute atomic E-state index is 12.0. The molecule has 1 aliphatic heterocycles. The number of amides is 1. The van der Waals surface area contributed by atoms with Crippen molar-refractivity contribution >= 4 is 5.91 Å². The lowest BCUT2D eigenvalue weighted by atomic mass is 10.1. The van der Waals surface area contributed by atoms with Crippen molar-refractivity contribution in [2.45, 2.75) is 20.3 Å². The third kappa shape index (κ3) is 3.25. The van der Waals surface area contributed by atoms with E-state index in [4.69, 9.17) is 0 Å². The molecule has 2 heterocycles. The van der Waals surface area contributed by atoms with Gasteiger partial charge in [0.15, 0.2) is 0 Å². The van der Waals surface area contributed by atoms with E-state index in [1.54, 1.807) is 4.90 Å². The minimum Gasteiger partial charge on any atom is -0.333 e. The van der Waals surface area contributed by atoms with Crippen LogP contribution in [-0.4, -0.2) is 69.1 Å². The number of aromatic amines is 1. The molecule has 0 radical (unpaired) electrons. The monoisotopic (exact) mass is 252 g/mol. The van der Waals surface area contributed by atoms with E-state index in [0.29, 0.717) is 0 Å². The van der Waals surface area contributed by atoms with Crippen molar-refractivity contribution in [2.75, 3.05) is 32.7 Å². The molecule has 1 aliphatic rings. The van der Waals surface area contributed by atoms with Crippen molar-refractivity contribution in [3.05, 3.63) is 5.82 Å². The molecule has 7 nitrogen and oxygen atoms in total. The van der Waals surface area contributed by atoms with Crippen LogP contribution in [0.3, 0.4) is 0 Å². The predicted octanol–water partition coefficient (Wildman–Crippen LogP) is 0.00360. The minimum absolute atomic E-state index is 0.132. The second-order valence-electron chi connectivity index (χ2n) is 5.05. The molecule has 1 aromatic heterocycles. The molecule has 100 valence electrons. The number of hydrogen-bond acceptors (Lipinski definition) is 5. The summed E-state index contributed by atoms with van der Waals surface area (Å²) >= 11 is 0. The van der Waals surface area contributed by atoms with Crippen molar-refractivity contribution in [2.24, 2.45) is 5.92 Å². The van der Waals surface area contributed by atoms with E-state index in [2.05, 4.69) is 39.4 Å². The number of H-pyrrole nitrogens is 1. The van der Waals surface area contributed by atoms with Crippen molar-refractivity contribution in [3.63, 3.8) is 0 Å². The zero-order valence-corrected chi connectivity index (χ0v) is 11.0. The zero-order valence-electron chi connectivity index (χ0n) is 11.0. The van der Waals surface area contributed by atoms with Crippen molar-refractivity contribution in [1.82, 2.24) is 30.4 Å². The van der Waals surface area contributed by atoms with Gasteiger partial charge in [-0.05, 0) is 24.1 Å². The second kappa shape index (κ2) is 5.90. The highest BCUT2D eigenvalue weighted by Crippen LogP contribution is 2.08. The van der Waals surface area contributed by atoms with E-state index >= 15 is 0 Å². The molecule has 2 rings (SSSR count). The molecular formula is C11H20N6O. The third-order valence-electron chi connectivity index (χ3n) is 3.22. The van der Waals surface area contributed by atoms with Crippen LogP contribution in [0.2, 0.25) is 0 Å². The van der Waals surface area contributed by atoms with Gasteiger partial charge in [-0.3, -0.25) is 9.69 Å². The smallest absolute Gasteiger partial charge is 0.295 e. The minimum atomic E-state index is -0.132. The predicted molar refractivity (Wildman–Crippen MR) is 66.0 cm³/mol. The molecule has 0 aliphatic carbocycles. The number of piperazine rings is 1. The van der Waals surface area contributed by atoms with Gasteiger partial charge in [0.1, 0.15) is 0 Å². The lowest BCUT2D eigenvalue weighted by Crippen LogP contribution is -2.49. The fraction of sp³-hybridized carbons (Fsp3) is 0.818. The number of nitrogens with one attached hydrogen (secondary N) is 1. The summed E-state index contributed by atoms with van der Waals surface area (Å²) in [4.78, 5) is 16.1. The Morgan fingerprint density at radius 1 is 1.33 bits per heavy atom. The Morgan fingerprint density at radius 3 is 2.61 bits per heavy atom. The van der Waals surface area contributed by atoms with E-state index < -0.39 is 0 Å². The molecule has 0 unspecified atom stereocenters. The average Bonchev–Trinajstić information content (AvgIpc) is 2.90. The molecule has 1 N–H and O–H groups in total. The maximum atomic E-state index is 12.0. The first-order chi connectivity index (χ1) is 8.66. The van der Waals surface area contributed by atoms with Gasteiger partial charge in [-0.25, -0.2) is 0 Å². The quantitative estimate of drug-likeness (QED) is 0.816. The first-order valence-electron chi connectivity index (χ1n) is 6.42. The summed E-state index contributed by atoms with van der Waals surface area (Å²) in [5, 5.41) is 13.1. The van der Waals surface area contributed by atoms with Crippen LogP contribution in [0.25, 0.3) is 0 Å². The van der Waals surface area contributed by atoms with Crippen LogP contribution in [-0.2, 0) is 0 Å². The normalized spacial score (nSPS) is 17.4. The lowest BCUT2D eigenvalue weighted by molar-refractivity contribution is 0.0620. The number of aromatic nitrogens is 4. The van der Waals surface area contributed by atoms with Crippen LogP contribution >= 0.6 is 0 Å². The van der Waals surface area contributed by atoms with Gasteiger partial charge in [0, 0.05) is 26.2 Å². The molecule has 0 bridgehead atoms. The number of tetrazole rings is 1. The number of nitrogens with zero attached hydrogens (tertiary/aromatic N) is 5. The van der Waals surface area contributed by atoms with Crippen LogP contribution in [0.5, 0.6) is 0 Å². The molecule has 1 amide bonds. The van der Waals surface area contributed by atoms with Gasteiger partial charge in [0.2, 0.25) is 0 Å². The summed E-state index contributed by atoms with van der Waals surface area (Å²) in [6, 6.07) is 0. The standard InChI is InChI=1S/C11H20N6O/c1-9(2)3-4-16-5-7-17(8-6-16)11(18)10-12-14-15-13-10/h9H,3-8H2,1-2H3,(H,12,13,14,15). The van der Waals surface area contributed by atoms with Crippen molar-refractivity contribution < 1.29 is 4.79 Å². The first kappa shape index (κ1) is 12.9. The maximum Gasteiger partial charge on any atom is 0.295 e. The molecule has 1 fully saturated rings. The van der Waals surface area contributed by atoms with Gasteiger partial charge in [-0.2, -0.15) is 5.21 Å². The van der Waals surface area contributed by atoms with E-state index in [0.717, 1.165) is 38.6 Å². The molecule has 18 heavy (non-hydrogen) atoms. The molecule has 0 aromatic carbocycles. The molecule has 1 saturated heterocycles. The molecular weight excluding hydrogens is 232 g/mol. The Labute approximate surface area is 107 Å². The van der Waals surface area contributed by atoms with Gasteiger partial charge in [0.05, 0.1) is 0 Å². The van der Waals surface area contributed by atoms with Crippen molar-refractivity contribution in [1.29, 1.82) is 0 Å². The largest absolute Gasteiger partial charge is 0.333 e. The summed E-state index contributed by atoms with van der Waals surface area (Å²) in [6.45, 7) is 8.91. The van der Waals surface area contributed by atoms with Gasteiger partial charge >= 0.3 is 0 Å². The lowest BCUT2D eigenvalue weighted by Gasteiger charge is -2.34. The second-order valence-corrected chi connectivity index (χ2v) is 5.05. The Bertz CT molecular complexity index is 369. The SMILES string of the molecule is CC(C)CCN1CCN(C(=O)c2nn[nH]n2)CC1. The summed E-state index contributed by atoms with van der Waals surface area (Å²) in [6.07, 6.45) is 1.21. The topological polar surface area (TPSA) is 78.0 Å². The first-order valence-corrected chi connectivity index (χ1v) is 6.42. The van der Waals surface area contributed by atoms with Crippen LogP contribution in [0, 0.1) is 5.92 Å². The Hall–Kier alpha value is -1.50. The number of carbonyl (C=O) groups is 1. The fourth-order valence-electron chi connectivity index (χ4n) is 2.01. The van der Waals surface area contributed by atoms with Crippen LogP contribution in [0.4, 0.5) is 0 Å². The van der Waals surface area contributed by atoms with E-state index in [9.17, 15) is 4.79 Å². The van der Waals surface area contributed by atoms with Crippen LogP contribution < -0.4 is 0 Å². The summed E-state index contributed by atoms with van der Waals surface area (Å²) < 4.78 is 0. The molecule has 7 heteroatoms. The highest BCUT2D eigenvalue weighted by atomic mass is 16.2. The number of carbonyl (C=O) groups excluding carboxylic acids is 1. The molecule has 0 spiro atoms. The van der Waals surface area contributed by atoms with Crippen LogP contribution in [0.15, 0.2) is 0 Å². The molecule has 1 aromatic rings. The summed E-state index contributed by atoms with van der Waals surface area (Å²) in [7, 11) is 0. The Balaban J connectivity index is 1.78. The van der Waals surface area contributed by atoms with Gasteiger partial charge in [-0.1, -0.05) is 13.8 Å². The van der Waals surface area contributed by atoms with E-state index in [1.807, 2.05) is 0 Å². The van der Waals surface area contributed by atoms with Gasteiger partial charge in [0.25, 0.3) is 11.7 Å². The van der Waals surface area contributed by atoms with E-state index in [-0.39, 0.29) is 11.7 Å². The van der Waals surface area contributed by atoms with Crippen molar-refractivity contribution in [3.8, 4) is 0 Å². The van der Waals surface area contributed by atoms with Crippen LogP contribution in [0.1, 0.15) is 30.9 Å². The van der Waals surface area contributed by atoms with E-state index in [1.165, 1.54) is 6.42 Å². The fourth-order valence-corrected chi connectivity index (χ4v) is 2.01. The van der Waals surface area contributed by atoms with Gasteiger partial charge in [-0.15, -0.1) is 10.2 Å².